The number of imidazole rings is 1. The van der Waals surface area contributed by atoms with E-state index in [1.807, 2.05) is 22.7 Å². The molecule has 5 heteroatoms. The first-order valence-corrected chi connectivity index (χ1v) is 9.80. The van der Waals surface area contributed by atoms with Crippen molar-refractivity contribution in [1.82, 2.24) is 9.38 Å². The van der Waals surface area contributed by atoms with Crippen LogP contribution in [0, 0.1) is 5.92 Å². The molecule has 1 N–H and O–H groups in total. The normalized spacial score (nSPS) is 17.7. The Morgan fingerprint density at radius 1 is 1.14 bits per heavy atom. The van der Waals surface area contributed by atoms with Crippen LogP contribution in [0.1, 0.15) is 46.4 Å². The number of carbonyl (C=O) groups excluding carboxylic acids is 1. The van der Waals surface area contributed by atoms with Crippen LogP contribution in [0.15, 0.2) is 48.3 Å². The lowest BCUT2D eigenvalue weighted by Crippen LogP contribution is -2.21. The second-order valence-electron chi connectivity index (χ2n) is 7.59. The van der Waals surface area contributed by atoms with E-state index >= 15 is 0 Å². The van der Waals surface area contributed by atoms with Gasteiger partial charge < -0.3 is 14.2 Å². The van der Waals surface area contributed by atoms with E-state index in [-0.39, 0.29) is 0 Å². The summed E-state index contributed by atoms with van der Waals surface area (Å²) in [7, 11) is 0. The summed E-state index contributed by atoms with van der Waals surface area (Å²) in [6.45, 7) is 1.62. The Kier molecular flexibility index (Phi) is 4.24. The number of hydrogen-bond acceptors (Lipinski definition) is 4. The first-order valence-electron chi connectivity index (χ1n) is 9.80. The van der Waals surface area contributed by atoms with Gasteiger partial charge >= 0.3 is 0 Å². The zero-order chi connectivity index (χ0) is 19.1. The highest BCUT2D eigenvalue weighted by Crippen LogP contribution is 2.42. The number of nitrogens with zero attached hydrogens (tertiary/aromatic N) is 2. The van der Waals surface area contributed by atoms with Crippen LogP contribution in [0.25, 0.3) is 11.2 Å². The maximum Gasteiger partial charge on any atom is 0.170 e. The van der Waals surface area contributed by atoms with Gasteiger partial charge in [0, 0.05) is 25.6 Å². The van der Waals surface area contributed by atoms with Crippen LogP contribution in [-0.2, 0) is 11.2 Å². The largest absolute Gasteiger partial charge is 0.508 e. The fourth-order valence-corrected chi connectivity index (χ4v) is 4.61. The van der Waals surface area contributed by atoms with Crippen molar-refractivity contribution in [2.75, 3.05) is 13.2 Å². The lowest BCUT2D eigenvalue weighted by Gasteiger charge is -2.31. The van der Waals surface area contributed by atoms with Gasteiger partial charge in [-0.25, -0.2) is 4.98 Å². The molecule has 3 aromatic rings. The van der Waals surface area contributed by atoms with Gasteiger partial charge in [-0.2, -0.15) is 0 Å². The number of benzene rings is 1. The molecule has 0 spiro atoms. The fourth-order valence-electron chi connectivity index (χ4n) is 4.61. The number of aromatic nitrogens is 2. The van der Waals surface area contributed by atoms with Gasteiger partial charge in [0.25, 0.3) is 0 Å². The molecule has 1 fully saturated rings. The molecular weight excluding hydrogens is 352 g/mol. The molecule has 0 amide bonds. The summed E-state index contributed by atoms with van der Waals surface area (Å²) in [6, 6.07) is 9.84. The number of hydrogen-bond donors (Lipinski definition) is 1. The summed E-state index contributed by atoms with van der Waals surface area (Å²) in [5.41, 5.74) is 7.43. The van der Waals surface area contributed by atoms with E-state index in [4.69, 9.17) is 4.74 Å². The van der Waals surface area contributed by atoms with Crippen molar-refractivity contribution in [3.8, 4) is 5.75 Å². The highest BCUT2D eigenvalue weighted by molar-refractivity contribution is 5.86. The average molecular weight is 374 g/mol. The number of fused-ring (bicyclic) bond motifs is 2. The minimum absolute atomic E-state index is 0.312. The molecule has 2 aromatic heterocycles. The molecule has 2 aliphatic rings. The molecule has 1 aromatic carbocycles. The summed E-state index contributed by atoms with van der Waals surface area (Å²) in [4.78, 5) is 15.5. The SMILES string of the molecule is O=Cc1cn2ccc(C3=C(C4CCOCC4)CCc4cc(O)ccc43)cc2n1. The van der Waals surface area contributed by atoms with E-state index in [2.05, 4.69) is 17.1 Å². The molecule has 28 heavy (non-hydrogen) atoms. The lowest BCUT2D eigenvalue weighted by molar-refractivity contribution is 0.0750. The van der Waals surface area contributed by atoms with E-state index in [0.717, 1.165) is 56.4 Å². The number of carbonyl (C=O) groups is 1. The summed E-state index contributed by atoms with van der Waals surface area (Å²) in [5.74, 6) is 0.833. The molecule has 5 nitrogen and oxygen atoms in total. The molecule has 5 rings (SSSR count). The maximum atomic E-state index is 11.1. The monoisotopic (exact) mass is 374 g/mol. The Bertz CT molecular complexity index is 1090. The number of allylic oxidation sites excluding steroid dienone is 1. The molecule has 0 radical (unpaired) electrons. The predicted molar refractivity (Wildman–Crippen MR) is 107 cm³/mol. The number of phenolic OH excluding ortho intramolecular Hbond substituents is 1. The third-order valence-corrected chi connectivity index (χ3v) is 5.95. The molecular formula is C23H22N2O3. The number of phenols is 1. The van der Waals surface area contributed by atoms with E-state index in [1.54, 1.807) is 12.3 Å². The summed E-state index contributed by atoms with van der Waals surface area (Å²) < 4.78 is 7.46. The van der Waals surface area contributed by atoms with Gasteiger partial charge in [0.2, 0.25) is 0 Å². The van der Waals surface area contributed by atoms with Crippen molar-refractivity contribution in [1.29, 1.82) is 0 Å². The quantitative estimate of drug-likeness (QED) is 0.703. The van der Waals surface area contributed by atoms with Gasteiger partial charge in [-0.1, -0.05) is 11.6 Å². The van der Waals surface area contributed by atoms with Gasteiger partial charge in [0.05, 0.1) is 0 Å². The molecule has 0 atom stereocenters. The zero-order valence-electron chi connectivity index (χ0n) is 15.6. The average Bonchev–Trinajstić information content (AvgIpc) is 3.16. The van der Waals surface area contributed by atoms with Crippen LogP contribution in [0.5, 0.6) is 5.75 Å². The van der Waals surface area contributed by atoms with Crippen LogP contribution in [-0.4, -0.2) is 34.0 Å². The maximum absolute atomic E-state index is 11.1. The lowest BCUT2D eigenvalue weighted by atomic mass is 9.75. The minimum Gasteiger partial charge on any atom is -0.508 e. The number of aromatic hydroxyl groups is 1. The number of pyridine rings is 1. The van der Waals surface area contributed by atoms with E-state index in [1.165, 1.54) is 22.3 Å². The van der Waals surface area contributed by atoms with Crippen molar-refractivity contribution in [2.24, 2.45) is 5.92 Å². The summed E-state index contributed by atoms with van der Waals surface area (Å²) in [6.07, 6.45) is 8.52. The summed E-state index contributed by atoms with van der Waals surface area (Å²) in [5, 5.41) is 9.95. The van der Waals surface area contributed by atoms with Gasteiger partial charge in [0.1, 0.15) is 17.1 Å². The first kappa shape index (κ1) is 17.2. The van der Waals surface area contributed by atoms with Crippen LogP contribution in [0.3, 0.4) is 0 Å². The van der Waals surface area contributed by atoms with Crippen LogP contribution >= 0.6 is 0 Å². The fraction of sp³-hybridized carbons (Fsp3) is 0.304. The van der Waals surface area contributed by atoms with Gasteiger partial charge in [-0.3, -0.25) is 4.79 Å². The van der Waals surface area contributed by atoms with Gasteiger partial charge in [-0.15, -0.1) is 0 Å². The van der Waals surface area contributed by atoms with Crippen molar-refractivity contribution >= 4 is 17.5 Å². The van der Waals surface area contributed by atoms with Crippen molar-refractivity contribution < 1.29 is 14.6 Å². The number of aryl methyl sites for hydroxylation is 1. The predicted octanol–water partition coefficient (Wildman–Crippen LogP) is 4.03. The van der Waals surface area contributed by atoms with Crippen molar-refractivity contribution in [2.45, 2.75) is 25.7 Å². The summed E-state index contributed by atoms with van der Waals surface area (Å²) >= 11 is 0. The molecule has 1 saturated heterocycles. The Hall–Kier alpha value is -2.92. The molecule has 1 aliphatic heterocycles. The van der Waals surface area contributed by atoms with Gasteiger partial charge in [0.15, 0.2) is 6.29 Å². The topological polar surface area (TPSA) is 63.8 Å². The molecule has 142 valence electrons. The first-order chi connectivity index (χ1) is 13.7. The highest BCUT2D eigenvalue weighted by Gasteiger charge is 2.27. The second-order valence-corrected chi connectivity index (χ2v) is 7.59. The third-order valence-electron chi connectivity index (χ3n) is 5.95. The number of ether oxygens (including phenoxy) is 1. The Morgan fingerprint density at radius 3 is 2.82 bits per heavy atom. The molecule has 1 aliphatic carbocycles. The van der Waals surface area contributed by atoms with Crippen LogP contribution in [0.4, 0.5) is 0 Å². The molecule has 3 heterocycles. The smallest absolute Gasteiger partial charge is 0.170 e. The Morgan fingerprint density at radius 2 is 2.00 bits per heavy atom. The zero-order valence-corrected chi connectivity index (χ0v) is 15.6. The molecule has 0 bridgehead atoms. The molecule has 0 unspecified atom stereocenters. The Labute approximate surface area is 163 Å². The van der Waals surface area contributed by atoms with E-state index in [0.29, 0.717) is 17.4 Å². The van der Waals surface area contributed by atoms with E-state index < -0.39 is 0 Å². The van der Waals surface area contributed by atoms with E-state index in [9.17, 15) is 9.90 Å². The minimum atomic E-state index is 0.312. The highest BCUT2D eigenvalue weighted by atomic mass is 16.5. The Balaban J connectivity index is 1.70. The molecule has 0 saturated carbocycles. The van der Waals surface area contributed by atoms with Crippen LogP contribution in [0.2, 0.25) is 0 Å². The second kappa shape index (κ2) is 6.91. The van der Waals surface area contributed by atoms with Crippen LogP contribution < -0.4 is 0 Å². The standard InChI is InChI=1S/C23H22N2O3/c26-14-18-13-25-8-5-17(12-22(25)24-18)23-20(15-6-9-28-10-7-15)3-1-16-11-19(27)2-4-21(16)23/h2,4-5,8,11-15,27H,1,3,6-7,9-10H2. The third kappa shape index (κ3) is 2.92. The van der Waals surface area contributed by atoms with Crippen molar-refractivity contribution in [3.05, 3.63) is 70.7 Å². The van der Waals surface area contributed by atoms with Gasteiger partial charge in [-0.05, 0) is 78.1 Å². The van der Waals surface area contributed by atoms with Crippen molar-refractivity contribution in [3.63, 3.8) is 0 Å². The number of rotatable bonds is 3. The number of aldehydes is 1.